The molecule has 0 saturated carbocycles. The fraction of sp³-hybridized carbons (Fsp3) is 0.419. The monoisotopic (exact) mass is 588 g/mol. The molecular formula is C31H36Hf. The molecule has 5 rings (SSSR count). The van der Waals surface area contributed by atoms with Gasteiger partial charge >= 0.3 is 207 Å². The second kappa shape index (κ2) is 7.52. The fourth-order valence-corrected chi connectivity index (χ4v) is 15.2. The molecule has 1 atom stereocenters. The van der Waals surface area contributed by atoms with E-state index in [0.29, 0.717) is 8.59 Å². The van der Waals surface area contributed by atoms with E-state index in [-0.39, 0.29) is 3.17 Å². The zero-order valence-electron chi connectivity index (χ0n) is 20.8. The van der Waals surface area contributed by atoms with Gasteiger partial charge in [0.25, 0.3) is 0 Å². The summed E-state index contributed by atoms with van der Waals surface area (Å²) >= 11 is -1.29. The molecule has 0 nitrogen and oxygen atoms in total. The van der Waals surface area contributed by atoms with Crippen LogP contribution in [0.25, 0.3) is 6.08 Å². The number of rotatable bonds is 4. The average molecular weight is 587 g/mol. The summed E-state index contributed by atoms with van der Waals surface area (Å²) < 4.78 is 0.522. The quantitative estimate of drug-likeness (QED) is 0.317. The summed E-state index contributed by atoms with van der Waals surface area (Å²) in [6.07, 6.45) is 8.71. The molecular weight excluding hydrogens is 551 g/mol. The van der Waals surface area contributed by atoms with E-state index in [2.05, 4.69) is 103 Å². The van der Waals surface area contributed by atoms with Crippen molar-refractivity contribution in [3.8, 4) is 0 Å². The number of fused-ring (bicyclic) bond motifs is 2. The van der Waals surface area contributed by atoms with Crippen molar-refractivity contribution in [3.05, 3.63) is 98.7 Å². The fourth-order valence-electron chi connectivity index (χ4n) is 6.43. The second-order valence-corrected chi connectivity index (χ2v) is 19.1. The van der Waals surface area contributed by atoms with Gasteiger partial charge < -0.3 is 0 Å². The Balaban J connectivity index is 1.65. The van der Waals surface area contributed by atoms with Gasteiger partial charge in [-0.3, -0.25) is 0 Å². The molecule has 0 aromatic heterocycles. The predicted molar refractivity (Wildman–Crippen MR) is 134 cm³/mol. The van der Waals surface area contributed by atoms with Gasteiger partial charge in [-0.05, 0) is 0 Å². The summed E-state index contributed by atoms with van der Waals surface area (Å²) in [6, 6.07) is 16.4. The van der Waals surface area contributed by atoms with Crippen LogP contribution < -0.4 is 0 Å². The van der Waals surface area contributed by atoms with Crippen LogP contribution in [-0.4, -0.2) is 0 Å². The van der Waals surface area contributed by atoms with Crippen molar-refractivity contribution in [1.82, 2.24) is 0 Å². The van der Waals surface area contributed by atoms with Gasteiger partial charge in [-0.1, -0.05) is 0 Å². The molecule has 0 spiro atoms. The zero-order valence-corrected chi connectivity index (χ0v) is 24.4. The number of benzene rings is 2. The Labute approximate surface area is 206 Å². The van der Waals surface area contributed by atoms with Gasteiger partial charge in [0.05, 0.1) is 0 Å². The molecule has 3 aliphatic carbocycles. The minimum atomic E-state index is -1.29. The molecule has 1 unspecified atom stereocenters. The molecule has 2 aromatic rings. The first-order chi connectivity index (χ1) is 15.0. The molecule has 0 amide bonds. The summed E-state index contributed by atoms with van der Waals surface area (Å²) in [5, 5.41) is 0. The third-order valence-corrected chi connectivity index (χ3v) is 17.0. The van der Waals surface area contributed by atoms with Crippen LogP contribution in [0.3, 0.4) is 0 Å². The van der Waals surface area contributed by atoms with Crippen molar-refractivity contribution < 1.29 is 22.9 Å². The standard InChI is InChI=1S/C21H21.C10H15.Hf/c1-21(2)13-18-11-17-9-8-16(20(17)12-19(18)14-21)10-15-6-4-3-5-7-15;1-6-7(2)9(4)10(5)8(6)3;/h3-9,11-12H,10,13-14H2,1-2H3;1-5H3;. The first-order valence-corrected chi connectivity index (χ1v) is 15.7. The maximum absolute atomic E-state index is 2.64. The Hall–Kier alpha value is -1.47. The minimum absolute atomic E-state index is 0.223. The summed E-state index contributed by atoms with van der Waals surface area (Å²) in [7, 11) is 0. The van der Waals surface area contributed by atoms with E-state index < -0.39 is 22.9 Å². The van der Waals surface area contributed by atoms with Gasteiger partial charge in [0.2, 0.25) is 0 Å². The molecule has 0 saturated heterocycles. The number of allylic oxidation sites excluding steroid dienone is 5. The van der Waals surface area contributed by atoms with Crippen molar-refractivity contribution in [2.75, 3.05) is 0 Å². The van der Waals surface area contributed by atoms with Crippen LogP contribution in [0, 0.1) is 5.41 Å². The van der Waals surface area contributed by atoms with E-state index in [1.54, 1.807) is 39.0 Å². The zero-order chi connectivity index (χ0) is 22.9. The molecule has 3 aliphatic rings. The first-order valence-electron chi connectivity index (χ1n) is 12.1. The van der Waals surface area contributed by atoms with Gasteiger partial charge in [-0.15, -0.1) is 0 Å². The van der Waals surface area contributed by atoms with Crippen molar-refractivity contribution in [2.24, 2.45) is 5.41 Å². The van der Waals surface area contributed by atoms with E-state index in [0.717, 1.165) is 6.42 Å². The van der Waals surface area contributed by atoms with Crippen molar-refractivity contribution >= 4 is 6.08 Å². The van der Waals surface area contributed by atoms with Gasteiger partial charge in [-0.2, -0.15) is 0 Å². The number of hydrogen-bond acceptors (Lipinski definition) is 0. The molecule has 0 heterocycles. The van der Waals surface area contributed by atoms with Crippen LogP contribution in [0.2, 0.25) is 3.17 Å². The van der Waals surface area contributed by atoms with E-state index in [9.17, 15) is 0 Å². The molecule has 0 N–H and O–H groups in total. The average Bonchev–Trinajstić information content (AvgIpc) is 3.29. The van der Waals surface area contributed by atoms with E-state index >= 15 is 0 Å². The topological polar surface area (TPSA) is 0 Å². The van der Waals surface area contributed by atoms with Gasteiger partial charge in [0.1, 0.15) is 0 Å². The van der Waals surface area contributed by atoms with Crippen LogP contribution in [0.5, 0.6) is 0 Å². The Morgan fingerprint density at radius 1 is 0.812 bits per heavy atom. The van der Waals surface area contributed by atoms with Gasteiger partial charge in [-0.25, -0.2) is 0 Å². The predicted octanol–water partition coefficient (Wildman–Crippen LogP) is 8.22. The van der Waals surface area contributed by atoms with Crippen LogP contribution in [0.15, 0.2) is 70.8 Å². The van der Waals surface area contributed by atoms with Crippen LogP contribution >= 0.6 is 0 Å². The molecule has 2 aromatic carbocycles. The van der Waals surface area contributed by atoms with Crippen LogP contribution in [0.1, 0.15) is 76.3 Å². The molecule has 0 radical (unpaired) electrons. The molecule has 164 valence electrons. The first kappa shape index (κ1) is 22.3. The van der Waals surface area contributed by atoms with Crippen LogP contribution in [0.4, 0.5) is 0 Å². The van der Waals surface area contributed by atoms with E-state index in [1.165, 1.54) is 24.0 Å². The third-order valence-electron chi connectivity index (χ3n) is 8.72. The Bertz CT molecular complexity index is 1160. The van der Waals surface area contributed by atoms with Crippen molar-refractivity contribution in [1.29, 1.82) is 0 Å². The van der Waals surface area contributed by atoms with Crippen molar-refractivity contribution in [3.63, 3.8) is 0 Å². The molecule has 1 heteroatoms. The maximum atomic E-state index is 2.64. The Morgan fingerprint density at radius 2 is 1.41 bits per heavy atom. The molecule has 32 heavy (non-hydrogen) atoms. The van der Waals surface area contributed by atoms with Gasteiger partial charge in [0, 0.05) is 0 Å². The summed E-state index contributed by atoms with van der Waals surface area (Å²) in [5.41, 5.74) is 14.6. The van der Waals surface area contributed by atoms with Gasteiger partial charge in [0.15, 0.2) is 0 Å². The van der Waals surface area contributed by atoms with Crippen molar-refractivity contribution in [2.45, 2.75) is 74.1 Å². The normalized spacial score (nSPS) is 24.8. The SMILES string of the molecule is CC1=C(C)[C](C)([Hf][C]2(Cc3ccccc3)C=Cc3cc4c(cc32)CC(C)(C)C4)C(C)=C1C. The Kier molecular flexibility index (Phi) is 5.25. The molecule has 0 fully saturated rings. The third kappa shape index (κ3) is 3.42. The molecule has 0 aliphatic heterocycles. The Morgan fingerprint density at radius 3 is 2.03 bits per heavy atom. The van der Waals surface area contributed by atoms with Crippen LogP contribution in [-0.2, 0) is 45.3 Å². The summed E-state index contributed by atoms with van der Waals surface area (Å²) in [5.74, 6) is 0. The molecule has 0 bridgehead atoms. The van der Waals surface area contributed by atoms with E-state index in [1.807, 2.05) is 0 Å². The summed E-state index contributed by atoms with van der Waals surface area (Å²) in [4.78, 5) is 0. The second-order valence-electron chi connectivity index (χ2n) is 11.4. The number of hydrogen-bond donors (Lipinski definition) is 0. The van der Waals surface area contributed by atoms with E-state index in [4.69, 9.17) is 0 Å². The summed E-state index contributed by atoms with van der Waals surface area (Å²) in [6.45, 7) is 17.0.